The van der Waals surface area contributed by atoms with Crippen LogP contribution >= 0.6 is 0 Å². The highest BCUT2D eigenvalue weighted by Crippen LogP contribution is 2.23. The topological polar surface area (TPSA) is 66.9 Å². The number of carbonyl (C=O) groups excluding carboxylic acids is 1. The molecule has 128 valence electrons. The molecule has 1 aliphatic heterocycles. The van der Waals surface area contributed by atoms with Crippen LogP contribution in [0.4, 0.5) is 5.69 Å². The summed E-state index contributed by atoms with van der Waals surface area (Å²) >= 11 is 0. The summed E-state index contributed by atoms with van der Waals surface area (Å²) in [5, 5.41) is 0. The van der Waals surface area contributed by atoms with Crippen molar-refractivity contribution in [3.8, 4) is 5.75 Å². The van der Waals surface area contributed by atoms with Gasteiger partial charge in [-0.3, -0.25) is 9.10 Å². The van der Waals surface area contributed by atoms with Gasteiger partial charge in [0.15, 0.2) is 0 Å². The van der Waals surface area contributed by atoms with Crippen molar-refractivity contribution in [2.24, 2.45) is 0 Å². The van der Waals surface area contributed by atoms with Crippen LogP contribution in [-0.4, -0.2) is 52.2 Å². The molecule has 0 radical (unpaired) electrons. The molecular weight excluding hydrogens is 316 g/mol. The third kappa shape index (κ3) is 4.86. The summed E-state index contributed by atoms with van der Waals surface area (Å²) in [6.07, 6.45) is 4.17. The van der Waals surface area contributed by atoms with Gasteiger partial charge in [-0.05, 0) is 31.4 Å². The average Bonchev–Trinajstić information content (AvgIpc) is 3.04. The second-order valence-electron chi connectivity index (χ2n) is 5.73. The minimum absolute atomic E-state index is 0.113. The van der Waals surface area contributed by atoms with Crippen LogP contribution in [0.3, 0.4) is 0 Å². The van der Waals surface area contributed by atoms with Gasteiger partial charge < -0.3 is 9.64 Å². The predicted octanol–water partition coefficient (Wildman–Crippen LogP) is 1.86. The van der Waals surface area contributed by atoms with Gasteiger partial charge in [0.1, 0.15) is 5.75 Å². The second-order valence-corrected chi connectivity index (χ2v) is 7.63. The van der Waals surface area contributed by atoms with Crippen LogP contribution < -0.4 is 9.04 Å². The van der Waals surface area contributed by atoms with Crippen LogP contribution in [0.2, 0.25) is 0 Å². The Labute approximate surface area is 138 Å². The lowest BCUT2D eigenvalue weighted by Crippen LogP contribution is -2.32. The van der Waals surface area contributed by atoms with Crippen molar-refractivity contribution < 1.29 is 17.9 Å². The summed E-state index contributed by atoms with van der Waals surface area (Å²) < 4.78 is 30.6. The molecule has 2 rings (SSSR count). The fraction of sp³-hybridized carbons (Fsp3) is 0.562. The smallest absolute Gasteiger partial charge is 0.232 e. The number of methoxy groups -OCH3 is 1. The Bertz CT molecular complexity index is 639. The van der Waals surface area contributed by atoms with E-state index < -0.39 is 10.0 Å². The van der Waals surface area contributed by atoms with Crippen molar-refractivity contribution in [2.45, 2.75) is 25.7 Å². The molecule has 23 heavy (non-hydrogen) atoms. The van der Waals surface area contributed by atoms with Crippen LogP contribution in [0.1, 0.15) is 25.7 Å². The van der Waals surface area contributed by atoms with E-state index in [0.717, 1.165) is 25.9 Å². The van der Waals surface area contributed by atoms with Gasteiger partial charge in [-0.25, -0.2) is 8.42 Å². The van der Waals surface area contributed by atoms with E-state index in [4.69, 9.17) is 4.74 Å². The molecule has 1 aromatic rings. The summed E-state index contributed by atoms with van der Waals surface area (Å²) in [6.45, 7) is 1.93. The van der Waals surface area contributed by atoms with Gasteiger partial charge in [0.05, 0.1) is 19.1 Å². The van der Waals surface area contributed by atoms with Crippen molar-refractivity contribution in [2.75, 3.05) is 37.3 Å². The Kier molecular flexibility index (Phi) is 5.87. The molecule has 7 heteroatoms. The monoisotopic (exact) mass is 340 g/mol. The minimum Gasteiger partial charge on any atom is -0.497 e. The van der Waals surface area contributed by atoms with E-state index in [9.17, 15) is 13.2 Å². The summed E-state index contributed by atoms with van der Waals surface area (Å²) in [5.41, 5.74) is 0.556. The average molecular weight is 340 g/mol. The third-order valence-corrected chi connectivity index (χ3v) is 5.15. The van der Waals surface area contributed by atoms with Crippen LogP contribution in [0, 0.1) is 0 Å². The molecule has 1 heterocycles. The maximum absolute atomic E-state index is 12.1. The molecule has 0 atom stereocenters. The van der Waals surface area contributed by atoms with Crippen molar-refractivity contribution >= 4 is 21.6 Å². The molecule has 0 aromatic heterocycles. The van der Waals surface area contributed by atoms with Crippen molar-refractivity contribution in [1.82, 2.24) is 4.90 Å². The molecule has 0 unspecified atom stereocenters. The number of likely N-dealkylation sites (tertiary alicyclic amines) is 1. The van der Waals surface area contributed by atoms with Gasteiger partial charge in [0.2, 0.25) is 15.9 Å². The normalized spacial score (nSPS) is 14.8. The first-order valence-corrected chi connectivity index (χ1v) is 9.66. The quantitative estimate of drug-likeness (QED) is 0.760. The number of hydrogen-bond donors (Lipinski definition) is 0. The summed E-state index contributed by atoms with van der Waals surface area (Å²) in [7, 11) is -1.87. The van der Waals surface area contributed by atoms with E-state index in [1.807, 2.05) is 4.90 Å². The van der Waals surface area contributed by atoms with Gasteiger partial charge in [-0.2, -0.15) is 0 Å². The molecule has 6 nitrogen and oxygen atoms in total. The molecule has 0 N–H and O–H groups in total. The van der Waals surface area contributed by atoms with Gasteiger partial charge in [0.25, 0.3) is 0 Å². The number of nitrogens with zero attached hydrogens (tertiary/aromatic N) is 2. The molecule has 1 aromatic carbocycles. The van der Waals surface area contributed by atoms with Crippen molar-refractivity contribution in [3.05, 3.63) is 24.3 Å². The van der Waals surface area contributed by atoms with Gasteiger partial charge in [0, 0.05) is 32.1 Å². The fourth-order valence-electron chi connectivity index (χ4n) is 2.75. The van der Waals surface area contributed by atoms with E-state index in [1.165, 1.54) is 10.6 Å². The first-order chi connectivity index (χ1) is 10.9. The lowest BCUT2D eigenvalue weighted by atomic mass is 10.2. The SMILES string of the molecule is COc1cccc(N(CCCC(=O)N2CCCC2)S(C)(=O)=O)c1. The Morgan fingerprint density at radius 3 is 2.61 bits per heavy atom. The van der Waals surface area contributed by atoms with Gasteiger partial charge in [-0.1, -0.05) is 6.07 Å². The largest absolute Gasteiger partial charge is 0.497 e. The molecule has 0 aliphatic carbocycles. The van der Waals surface area contributed by atoms with Crippen LogP contribution in [0.5, 0.6) is 5.75 Å². The van der Waals surface area contributed by atoms with E-state index in [-0.39, 0.29) is 12.5 Å². The molecule has 0 bridgehead atoms. The number of anilines is 1. The number of hydrogen-bond acceptors (Lipinski definition) is 4. The minimum atomic E-state index is -3.41. The highest BCUT2D eigenvalue weighted by molar-refractivity contribution is 7.92. The van der Waals surface area contributed by atoms with Crippen molar-refractivity contribution in [1.29, 1.82) is 0 Å². The third-order valence-electron chi connectivity index (χ3n) is 3.95. The zero-order valence-electron chi connectivity index (χ0n) is 13.7. The highest BCUT2D eigenvalue weighted by Gasteiger charge is 2.20. The Balaban J connectivity index is 2.00. The van der Waals surface area contributed by atoms with Gasteiger partial charge in [-0.15, -0.1) is 0 Å². The summed E-state index contributed by atoms with van der Waals surface area (Å²) in [5.74, 6) is 0.714. The van der Waals surface area contributed by atoms with E-state index in [2.05, 4.69) is 0 Å². The van der Waals surface area contributed by atoms with Crippen LogP contribution in [0.25, 0.3) is 0 Å². The van der Waals surface area contributed by atoms with Crippen LogP contribution in [-0.2, 0) is 14.8 Å². The number of benzene rings is 1. The highest BCUT2D eigenvalue weighted by atomic mass is 32.2. The van der Waals surface area contributed by atoms with Gasteiger partial charge >= 0.3 is 0 Å². The number of ether oxygens (including phenoxy) is 1. The lowest BCUT2D eigenvalue weighted by Gasteiger charge is -2.23. The first kappa shape index (κ1) is 17.6. The molecular formula is C16H24N2O4S. The standard InChI is InChI=1S/C16H24N2O4S/c1-22-15-8-5-7-14(13-15)18(23(2,20)21)12-6-9-16(19)17-10-3-4-11-17/h5,7-8,13H,3-4,6,9-12H2,1-2H3. The summed E-state index contributed by atoms with van der Waals surface area (Å²) in [4.78, 5) is 13.9. The number of amides is 1. The first-order valence-electron chi connectivity index (χ1n) is 7.81. The number of sulfonamides is 1. The fourth-order valence-corrected chi connectivity index (χ4v) is 3.71. The maximum Gasteiger partial charge on any atom is 0.232 e. The Morgan fingerprint density at radius 1 is 1.30 bits per heavy atom. The second kappa shape index (κ2) is 7.68. The molecule has 1 amide bonds. The summed E-state index contributed by atoms with van der Waals surface area (Å²) in [6, 6.07) is 6.93. The van der Waals surface area contributed by atoms with E-state index in [0.29, 0.717) is 24.3 Å². The zero-order chi connectivity index (χ0) is 16.9. The zero-order valence-corrected chi connectivity index (χ0v) is 14.5. The van der Waals surface area contributed by atoms with E-state index in [1.54, 1.807) is 31.4 Å². The molecule has 0 spiro atoms. The molecule has 0 saturated carbocycles. The maximum atomic E-state index is 12.1. The van der Waals surface area contributed by atoms with Crippen LogP contribution in [0.15, 0.2) is 24.3 Å². The Hall–Kier alpha value is -1.76. The predicted molar refractivity (Wildman–Crippen MR) is 90.2 cm³/mol. The van der Waals surface area contributed by atoms with E-state index >= 15 is 0 Å². The molecule has 1 saturated heterocycles. The number of carbonyl (C=O) groups is 1. The molecule has 1 aliphatic rings. The lowest BCUT2D eigenvalue weighted by molar-refractivity contribution is -0.130. The van der Waals surface area contributed by atoms with Crippen molar-refractivity contribution in [3.63, 3.8) is 0 Å². The Morgan fingerprint density at radius 2 is 2.00 bits per heavy atom. The number of rotatable bonds is 7. The molecule has 1 fully saturated rings.